The van der Waals surface area contributed by atoms with Crippen molar-refractivity contribution in [3.63, 3.8) is 0 Å². The second-order valence-electron chi connectivity index (χ2n) is 4.12. The number of halogens is 1. The third-order valence-corrected chi connectivity index (χ3v) is 3.25. The first kappa shape index (κ1) is 11.3. The summed E-state index contributed by atoms with van der Waals surface area (Å²) in [5.74, 6) is 0.333. The summed E-state index contributed by atoms with van der Waals surface area (Å²) < 4.78 is 0. The van der Waals surface area contributed by atoms with E-state index in [4.69, 9.17) is 11.6 Å². The Labute approximate surface area is 99.6 Å². The summed E-state index contributed by atoms with van der Waals surface area (Å²) >= 11 is 5.96. The molecule has 1 amide bonds. The van der Waals surface area contributed by atoms with Crippen LogP contribution in [0, 0.1) is 0 Å². The van der Waals surface area contributed by atoms with Crippen molar-refractivity contribution in [3.05, 3.63) is 29.8 Å². The van der Waals surface area contributed by atoms with Gasteiger partial charge in [0, 0.05) is 13.0 Å². The van der Waals surface area contributed by atoms with Crippen LogP contribution in [-0.4, -0.2) is 27.8 Å². The van der Waals surface area contributed by atoms with E-state index in [9.17, 15) is 9.90 Å². The minimum atomic E-state index is -0.0768. The molecule has 1 heterocycles. The first-order valence-electron chi connectivity index (χ1n) is 5.30. The second-order valence-corrected chi connectivity index (χ2v) is 4.73. The number of benzene rings is 1. The number of hydrogen-bond donors (Lipinski definition) is 1. The Morgan fingerprint density at radius 2 is 2.06 bits per heavy atom. The largest absolute Gasteiger partial charge is 0.508 e. The van der Waals surface area contributed by atoms with E-state index >= 15 is 0 Å². The van der Waals surface area contributed by atoms with E-state index < -0.39 is 0 Å². The van der Waals surface area contributed by atoms with Crippen LogP contribution in [-0.2, 0) is 4.79 Å². The highest BCUT2D eigenvalue weighted by Gasteiger charge is 2.31. The molecule has 86 valence electrons. The number of hydrogen-bond acceptors (Lipinski definition) is 2. The van der Waals surface area contributed by atoms with Gasteiger partial charge in [-0.25, -0.2) is 0 Å². The van der Waals surface area contributed by atoms with Gasteiger partial charge in [-0.1, -0.05) is 12.1 Å². The number of aromatic hydroxyl groups is 1. The maximum Gasteiger partial charge on any atom is 0.224 e. The number of phenols is 1. The molecule has 1 saturated heterocycles. The van der Waals surface area contributed by atoms with Crippen LogP contribution < -0.4 is 0 Å². The molecule has 16 heavy (non-hydrogen) atoms. The van der Waals surface area contributed by atoms with Crippen molar-refractivity contribution in [1.82, 2.24) is 4.90 Å². The smallest absolute Gasteiger partial charge is 0.224 e. The molecule has 0 spiro atoms. The van der Waals surface area contributed by atoms with Gasteiger partial charge in [-0.05, 0) is 24.6 Å². The predicted molar refractivity (Wildman–Crippen MR) is 62.5 cm³/mol. The van der Waals surface area contributed by atoms with E-state index in [2.05, 4.69) is 0 Å². The Kier molecular flexibility index (Phi) is 3.06. The van der Waals surface area contributed by atoms with E-state index in [1.165, 1.54) is 0 Å². The van der Waals surface area contributed by atoms with Crippen LogP contribution in [0.3, 0.4) is 0 Å². The van der Waals surface area contributed by atoms with Crippen molar-refractivity contribution in [2.45, 2.75) is 24.8 Å². The fraction of sp³-hybridized carbons (Fsp3) is 0.417. The number of alkyl halides is 1. The lowest BCUT2D eigenvalue weighted by molar-refractivity contribution is -0.129. The van der Waals surface area contributed by atoms with Gasteiger partial charge in [0.1, 0.15) is 5.75 Å². The lowest BCUT2D eigenvalue weighted by Crippen LogP contribution is -2.28. The standard InChI is InChI=1S/C12H14ClNO2/c1-8(9-2-4-11(15)5-3-9)14-7-10(13)6-12(14)16/h2-5,8,10,15H,6-7H2,1H3. The van der Waals surface area contributed by atoms with Gasteiger partial charge >= 0.3 is 0 Å². The van der Waals surface area contributed by atoms with E-state index in [0.29, 0.717) is 13.0 Å². The van der Waals surface area contributed by atoms with Crippen molar-refractivity contribution in [2.24, 2.45) is 0 Å². The normalized spacial score (nSPS) is 22.5. The Balaban J connectivity index is 2.16. The van der Waals surface area contributed by atoms with Crippen molar-refractivity contribution < 1.29 is 9.90 Å². The van der Waals surface area contributed by atoms with Gasteiger partial charge in [0.15, 0.2) is 0 Å². The molecule has 1 aliphatic rings. The third kappa shape index (κ3) is 2.14. The van der Waals surface area contributed by atoms with Gasteiger partial charge in [0.05, 0.1) is 11.4 Å². The first-order valence-corrected chi connectivity index (χ1v) is 5.74. The number of carbonyl (C=O) groups is 1. The van der Waals surface area contributed by atoms with Crippen LogP contribution in [0.25, 0.3) is 0 Å². The van der Waals surface area contributed by atoms with E-state index in [-0.39, 0.29) is 23.1 Å². The Hall–Kier alpha value is -1.22. The summed E-state index contributed by atoms with van der Waals surface area (Å²) in [5.41, 5.74) is 1.01. The fourth-order valence-electron chi connectivity index (χ4n) is 1.99. The lowest BCUT2D eigenvalue weighted by atomic mass is 10.1. The summed E-state index contributed by atoms with van der Waals surface area (Å²) in [4.78, 5) is 13.4. The van der Waals surface area contributed by atoms with Crippen LogP contribution in [0.4, 0.5) is 0 Å². The molecule has 0 bridgehead atoms. The van der Waals surface area contributed by atoms with E-state index in [1.54, 1.807) is 17.0 Å². The molecule has 4 heteroatoms. The van der Waals surface area contributed by atoms with E-state index in [1.807, 2.05) is 19.1 Å². The zero-order valence-electron chi connectivity index (χ0n) is 9.06. The molecule has 0 aliphatic carbocycles. The molecule has 1 fully saturated rings. The first-order chi connectivity index (χ1) is 7.58. The number of phenolic OH excluding ortho intramolecular Hbond substituents is 1. The van der Waals surface area contributed by atoms with Crippen LogP contribution in [0.1, 0.15) is 24.9 Å². The molecule has 1 aromatic rings. The molecule has 1 aliphatic heterocycles. The third-order valence-electron chi connectivity index (χ3n) is 2.95. The second kappa shape index (κ2) is 4.34. The molecule has 0 radical (unpaired) electrons. The average molecular weight is 240 g/mol. The monoisotopic (exact) mass is 239 g/mol. The molecular formula is C12H14ClNO2. The molecule has 3 nitrogen and oxygen atoms in total. The topological polar surface area (TPSA) is 40.5 Å². The highest BCUT2D eigenvalue weighted by Crippen LogP contribution is 2.28. The number of nitrogens with zero attached hydrogens (tertiary/aromatic N) is 1. The number of carbonyl (C=O) groups excluding carboxylic acids is 1. The molecule has 2 atom stereocenters. The highest BCUT2D eigenvalue weighted by molar-refractivity contribution is 6.22. The number of amides is 1. The molecule has 1 aromatic carbocycles. The van der Waals surface area contributed by atoms with Crippen molar-refractivity contribution in [1.29, 1.82) is 0 Å². The molecular weight excluding hydrogens is 226 g/mol. The van der Waals surface area contributed by atoms with Crippen molar-refractivity contribution in [3.8, 4) is 5.75 Å². The van der Waals surface area contributed by atoms with Crippen LogP contribution in [0.15, 0.2) is 24.3 Å². The number of rotatable bonds is 2. The van der Waals surface area contributed by atoms with Gasteiger partial charge < -0.3 is 10.0 Å². The Morgan fingerprint density at radius 3 is 2.56 bits per heavy atom. The SMILES string of the molecule is CC(c1ccc(O)cc1)N1CC(Cl)CC1=O. The van der Waals surface area contributed by atoms with Crippen LogP contribution in [0.5, 0.6) is 5.75 Å². The summed E-state index contributed by atoms with van der Waals surface area (Å²) in [6.07, 6.45) is 0.421. The molecule has 2 rings (SSSR count). The van der Waals surface area contributed by atoms with Gasteiger partial charge in [-0.2, -0.15) is 0 Å². The van der Waals surface area contributed by atoms with Crippen LogP contribution in [0.2, 0.25) is 0 Å². The van der Waals surface area contributed by atoms with Crippen LogP contribution >= 0.6 is 11.6 Å². The lowest BCUT2D eigenvalue weighted by Gasteiger charge is -2.24. The van der Waals surface area contributed by atoms with E-state index in [0.717, 1.165) is 5.56 Å². The minimum Gasteiger partial charge on any atom is -0.508 e. The van der Waals surface area contributed by atoms with Gasteiger partial charge in [-0.15, -0.1) is 11.6 Å². The molecule has 1 N–H and O–H groups in total. The summed E-state index contributed by atoms with van der Waals surface area (Å²) in [6.45, 7) is 2.57. The summed E-state index contributed by atoms with van der Waals surface area (Å²) in [7, 11) is 0. The number of likely N-dealkylation sites (tertiary alicyclic amines) is 1. The highest BCUT2D eigenvalue weighted by atomic mass is 35.5. The minimum absolute atomic E-state index is 0.0110. The predicted octanol–water partition coefficient (Wildman–Crippen LogP) is 2.29. The maximum absolute atomic E-state index is 11.7. The zero-order chi connectivity index (χ0) is 11.7. The van der Waals surface area contributed by atoms with Crippen molar-refractivity contribution >= 4 is 17.5 Å². The molecule has 2 unspecified atom stereocenters. The van der Waals surface area contributed by atoms with Gasteiger partial charge in [0.2, 0.25) is 5.91 Å². The quantitative estimate of drug-likeness (QED) is 0.805. The van der Waals surface area contributed by atoms with Gasteiger partial charge in [-0.3, -0.25) is 4.79 Å². The maximum atomic E-state index is 11.7. The van der Waals surface area contributed by atoms with Crippen molar-refractivity contribution in [2.75, 3.05) is 6.54 Å². The Morgan fingerprint density at radius 1 is 1.44 bits per heavy atom. The molecule has 0 aromatic heterocycles. The fourth-order valence-corrected chi connectivity index (χ4v) is 2.27. The Bertz CT molecular complexity index is 391. The molecule has 0 saturated carbocycles. The summed E-state index contributed by atoms with van der Waals surface area (Å²) in [5, 5.41) is 9.12. The van der Waals surface area contributed by atoms with Gasteiger partial charge in [0.25, 0.3) is 0 Å². The zero-order valence-corrected chi connectivity index (χ0v) is 9.81. The average Bonchev–Trinajstić information content (AvgIpc) is 2.58. The summed E-state index contributed by atoms with van der Waals surface area (Å²) in [6, 6.07) is 6.93.